The molecule has 2 unspecified atom stereocenters. The molecule has 98 valence electrons. The van der Waals surface area contributed by atoms with Gasteiger partial charge in [0.1, 0.15) is 0 Å². The van der Waals surface area contributed by atoms with Crippen LogP contribution in [0, 0.1) is 0 Å². The first-order valence-electron chi connectivity index (χ1n) is 7.88. The molecule has 1 fully saturated rings. The first-order valence-corrected chi connectivity index (χ1v) is 7.88. The van der Waals surface area contributed by atoms with Gasteiger partial charge in [-0.05, 0) is 57.3 Å². The van der Waals surface area contributed by atoms with Crippen molar-refractivity contribution in [1.82, 2.24) is 0 Å². The van der Waals surface area contributed by atoms with E-state index in [0.717, 1.165) is 11.8 Å². The van der Waals surface area contributed by atoms with Crippen LogP contribution in [0.15, 0.2) is 48.5 Å². The molecule has 3 aromatic carbocycles. The van der Waals surface area contributed by atoms with Crippen LogP contribution in [0.25, 0.3) is 21.5 Å². The number of fused-ring (bicyclic) bond motifs is 3. The van der Waals surface area contributed by atoms with E-state index < -0.39 is 0 Å². The minimum absolute atomic E-state index is 0.757. The molecule has 0 aromatic heterocycles. The molecule has 0 N–H and O–H groups in total. The van der Waals surface area contributed by atoms with Crippen molar-refractivity contribution in [3.63, 3.8) is 0 Å². The van der Waals surface area contributed by atoms with Gasteiger partial charge in [-0.2, -0.15) is 0 Å². The van der Waals surface area contributed by atoms with Gasteiger partial charge in [-0.1, -0.05) is 61.4 Å². The second-order valence-corrected chi connectivity index (χ2v) is 6.45. The van der Waals surface area contributed by atoms with Crippen molar-refractivity contribution in [2.75, 3.05) is 0 Å². The first-order chi connectivity index (χ1) is 9.93. The molecule has 2 aliphatic rings. The summed E-state index contributed by atoms with van der Waals surface area (Å²) in [6.45, 7) is 0. The Labute approximate surface area is 119 Å². The van der Waals surface area contributed by atoms with Gasteiger partial charge < -0.3 is 0 Å². The Morgan fingerprint density at radius 2 is 1.10 bits per heavy atom. The maximum Gasteiger partial charge on any atom is -0.00674 e. The molecule has 5 rings (SSSR count). The van der Waals surface area contributed by atoms with E-state index in [1.807, 2.05) is 0 Å². The molecule has 3 aromatic rings. The van der Waals surface area contributed by atoms with Gasteiger partial charge in [-0.3, -0.25) is 0 Å². The second kappa shape index (κ2) is 3.85. The van der Waals surface area contributed by atoms with Gasteiger partial charge in [0.25, 0.3) is 0 Å². The van der Waals surface area contributed by atoms with Crippen LogP contribution < -0.4 is 0 Å². The fraction of sp³-hybridized carbons (Fsp3) is 0.300. The Hall–Kier alpha value is -1.82. The molecule has 0 saturated heterocycles. The summed E-state index contributed by atoms with van der Waals surface area (Å²) in [5, 5.41) is 5.94. The molecule has 0 spiro atoms. The molecule has 1 saturated carbocycles. The standard InChI is InChI=1S/C20H18/c1-2-8-16-15(7-1)17-9-3-5-13-11-12-14-6-4-10-18(16)20(14)19(13)17/h3-6,9-12,15-16H,1-2,7-8H2. The largest absolute Gasteiger partial charge is 0.0613 e. The Bertz CT molecular complexity index is 757. The van der Waals surface area contributed by atoms with Crippen molar-refractivity contribution in [3.05, 3.63) is 59.7 Å². The predicted molar refractivity (Wildman–Crippen MR) is 85.4 cm³/mol. The summed E-state index contributed by atoms with van der Waals surface area (Å²) in [7, 11) is 0. The normalized spacial score (nSPS) is 24.2. The lowest BCUT2D eigenvalue weighted by Gasteiger charge is -2.37. The second-order valence-electron chi connectivity index (χ2n) is 6.45. The summed E-state index contributed by atoms with van der Waals surface area (Å²) in [5.41, 5.74) is 3.24. The highest BCUT2D eigenvalue weighted by Gasteiger charge is 2.33. The molecule has 0 heteroatoms. The summed E-state index contributed by atoms with van der Waals surface area (Å²) in [6.07, 6.45) is 5.54. The van der Waals surface area contributed by atoms with Crippen LogP contribution >= 0.6 is 0 Å². The van der Waals surface area contributed by atoms with Crippen molar-refractivity contribution in [2.45, 2.75) is 37.5 Å². The van der Waals surface area contributed by atoms with Crippen LogP contribution in [0.4, 0.5) is 0 Å². The zero-order valence-corrected chi connectivity index (χ0v) is 11.6. The molecule has 0 amide bonds. The molecule has 0 heterocycles. The smallest absolute Gasteiger partial charge is 0.00674 e. The van der Waals surface area contributed by atoms with E-state index in [4.69, 9.17) is 0 Å². The highest BCUT2D eigenvalue weighted by molar-refractivity contribution is 6.12. The van der Waals surface area contributed by atoms with Crippen LogP contribution in [-0.4, -0.2) is 0 Å². The van der Waals surface area contributed by atoms with Crippen molar-refractivity contribution < 1.29 is 0 Å². The van der Waals surface area contributed by atoms with Crippen LogP contribution in [-0.2, 0) is 0 Å². The average molecular weight is 258 g/mol. The summed E-state index contributed by atoms with van der Waals surface area (Å²) < 4.78 is 0. The third-order valence-electron chi connectivity index (χ3n) is 5.52. The Morgan fingerprint density at radius 1 is 0.600 bits per heavy atom. The zero-order chi connectivity index (χ0) is 13.1. The van der Waals surface area contributed by atoms with Gasteiger partial charge in [-0.25, -0.2) is 0 Å². The zero-order valence-electron chi connectivity index (χ0n) is 11.6. The van der Waals surface area contributed by atoms with Crippen molar-refractivity contribution in [1.29, 1.82) is 0 Å². The average Bonchev–Trinajstić information content (AvgIpc) is 2.53. The van der Waals surface area contributed by atoms with E-state index in [9.17, 15) is 0 Å². The summed E-state index contributed by atoms with van der Waals surface area (Å²) in [5.74, 6) is 1.51. The lowest BCUT2D eigenvalue weighted by Crippen LogP contribution is -2.19. The summed E-state index contributed by atoms with van der Waals surface area (Å²) >= 11 is 0. The van der Waals surface area contributed by atoms with Gasteiger partial charge in [0.2, 0.25) is 0 Å². The summed E-state index contributed by atoms with van der Waals surface area (Å²) in [6, 6.07) is 18.4. The molecule has 2 atom stereocenters. The highest BCUT2D eigenvalue weighted by Crippen LogP contribution is 2.52. The third-order valence-corrected chi connectivity index (χ3v) is 5.52. The Kier molecular flexibility index (Phi) is 2.10. The van der Waals surface area contributed by atoms with Crippen molar-refractivity contribution >= 4 is 21.5 Å². The van der Waals surface area contributed by atoms with E-state index in [-0.39, 0.29) is 0 Å². The third kappa shape index (κ3) is 1.27. The molecular weight excluding hydrogens is 240 g/mol. The van der Waals surface area contributed by atoms with Gasteiger partial charge in [0.15, 0.2) is 0 Å². The van der Waals surface area contributed by atoms with Crippen LogP contribution in [0.3, 0.4) is 0 Å². The van der Waals surface area contributed by atoms with Crippen molar-refractivity contribution in [3.8, 4) is 0 Å². The maximum atomic E-state index is 2.39. The lowest BCUT2D eigenvalue weighted by molar-refractivity contribution is 0.387. The Balaban J connectivity index is 2.02. The van der Waals surface area contributed by atoms with Crippen molar-refractivity contribution in [2.24, 2.45) is 0 Å². The molecule has 0 nitrogen and oxygen atoms in total. The first kappa shape index (κ1) is 10.9. The molecule has 0 bridgehead atoms. The number of hydrogen-bond donors (Lipinski definition) is 0. The maximum absolute atomic E-state index is 2.39. The molecular formula is C20H18. The monoisotopic (exact) mass is 258 g/mol. The predicted octanol–water partition coefficient (Wildman–Crippen LogP) is 5.75. The summed E-state index contributed by atoms with van der Waals surface area (Å²) in [4.78, 5) is 0. The number of rotatable bonds is 0. The van der Waals surface area contributed by atoms with Crippen LogP contribution in [0.2, 0.25) is 0 Å². The highest BCUT2D eigenvalue weighted by atomic mass is 14.4. The number of hydrogen-bond acceptors (Lipinski definition) is 0. The molecule has 2 aliphatic carbocycles. The lowest BCUT2D eigenvalue weighted by atomic mass is 9.67. The molecule has 20 heavy (non-hydrogen) atoms. The SMILES string of the molecule is c1cc2c3c(c1)ccc1cccc(c13)C1CCCCC21. The minimum Gasteiger partial charge on any atom is -0.0613 e. The van der Waals surface area contributed by atoms with Gasteiger partial charge >= 0.3 is 0 Å². The van der Waals surface area contributed by atoms with E-state index in [1.165, 1.54) is 36.5 Å². The van der Waals surface area contributed by atoms with Crippen LogP contribution in [0.1, 0.15) is 48.6 Å². The fourth-order valence-electron chi connectivity index (χ4n) is 4.71. The topological polar surface area (TPSA) is 0 Å². The van der Waals surface area contributed by atoms with Gasteiger partial charge in [0, 0.05) is 0 Å². The molecule has 0 radical (unpaired) electrons. The van der Waals surface area contributed by atoms with E-state index in [1.54, 1.807) is 21.9 Å². The van der Waals surface area contributed by atoms with E-state index in [2.05, 4.69) is 48.5 Å². The van der Waals surface area contributed by atoms with E-state index >= 15 is 0 Å². The fourth-order valence-corrected chi connectivity index (χ4v) is 4.71. The quantitative estimate of drug-likeness (QED) is 0.450. The number of benzene rings is 3. The van der Waals surface area contributed by atoms with Gasteiger partial charge in [0.05, 0.1) is 0 Å². The van der Waals surface area contributed by atoms with E-state index in [0.29, 0.717) is 0 Å². The molecule has 0 aliphatic heterocycles. The van der Waals surface area contributed by atoms with Gasteiger partial charge in [-0.15, -0.1) is 0 Å². The van der Waals surface area contributed by atoms with Crippen LogP contribution in [0.5, 0.6) is 0 Å². The Morgan fingerprint density at radius 3 is 1.60 bits per heavy atom. The minimum atomic E-state index is 0.757.